The van der Waals surface area contributed by atoms with Crippen LogP contribution in [0.4, 0.5) is 4.39 Å². The van der Waals surface area contributed by atoms with Crippen molar-refractivity contribution in [2.24, 2.45) is 5.14 Å². The van der Waals surface area contributed by atoms with Crippen LogP contribution in [-0.2, 0) is 10.0 Å². The van der Waals surface area contributed by atoms with Crippen LogP contribution in [0.2, 0.25) is 0 Å². The third-order valence-corrected chi connectivity index (χ3v) is 4.90. The van der Waals surface area contributed by atoms with Crippen LogP contribution in [0.1, 0.15) is 37.6 Å². The summed E-state index contributed by atoms with van der Waals surface area (Å²) < 4.78 is 36.2. The van der Waals surface area contributed by atoms with Gasteiger partial charge in [0.1, 0.15) is 5.82 Å². The number of hydrogen-bond acceptors (Lipinski definition) is 3. The molecule has 1 rings (SSSR count). The summed E-state index contributed by atoms with van der Waals surface area (Å²) in [6, 6.07) is 2.00. The summed E-state index contributed by atoms with van der Waals surface area (Å²) in [5.41, 5.74) is -0.584. The largest absolute Gasteiger partial charge is 0.347 e. The van der Waals surface area contributed by atoms with E-state index in [1.54, 1.807) is 13.8 Å². The zero-order chi connectivity index (χ0) is 15.7. The van der Waals surface area contributed by atoms with E-state index in [1.165, 1.54) is 0 Å². The molecule has 5 nitrogen and oxygen atoms in total. The van der Waals surface area contributed by atoms with Gasteiger partial charge in [0.2, 0.25) is 10.0 Å². The highest BCUT2D eigenvalue weighted by atomic mass is 79.9. The van der Waals surface area contributed by atoms with Crippen LogP contribution in [0.3, 0.4) is 0 Å². The van der Waals surface area contributed by atoms with Crippen molar-refractivity contribution in [3.63, 3.8) is 0 Å². The number of carbonyl (C=O) groups excluding carboxylic acids is 1. The van der Waals surface area contributed by atoms with Crippen LogP contribution >= 0.6 is 15.9 Å². The Hall–Kier alpha value is -0.990. The Morgan fingerprint density at radius 3 is 2.45 bits per heavy atom. The fraction of sp³-hybridized carbons (Fsp3) is 0.417. The van der Waals surface area contributed by atoms with E-state index in [2.05, 4.69) is 21.2 Å². The van der Waals surface area contributed by atoms with E-state index < -0.39 is 32.2 Å². The lowest BCUT2D eigenvalue weighted by atomic mass is 10.0. The standard InChI is InChI=1S/C12H16BrFN2O3S/c1-4-12(2,3)16-11(17)7-5-8(14)10(13)9(6-7)20(15,18)19/h5-6H,4H2,1-3H3,(H,16,17)(H2,15,18,19). The first kappa shape index (κ1) is 17.1. The fourth-order valence-corrected chi connectivity index (χ4v) is 2.91. The Balaban J connectivity index is 3.28. The first-order chi connectivity index (χ1) is 8.98. The third-order valence-electron chi connectivity index (χ3n) is 2.90. The Bertz CT molecular complexity index is 644. The number of nitrogens with two attached hydrogens (primary N) is 1. The molecule has 0 bridgehead atoms. The van der Waals surface area contributed by atoms with Gasteiger partial charge in [0, 0.05) is 11.1 Å². The predicted molar refractivity (Wildman–Crippen MR) is 77.3 cm³/mol. The maximum absolute atomic E-state index is 13.7. The van der Waals surface area contributed by atoms with E-state index >= 15 is 0 Å². The number of halogens is 2. The molecule has 0 aliphatic rings. The number of hydrogen-bond donors (Lipinski definition) is 2. The van der Waals surface area contributed by atoms with Crippen molar-refractivity contribution in [3.05, 3.63) is 28.0 Å². The molecule has 0 spiro atoms. The number of rotatable bonds is 4. The molecule has 0 saturated carbocycles. The molecule has 3 N–H and O–H groups in total. The molecule has 0 unspecified atom stereocenters. The van der Waals surface area contributed by atoms with Crippen molar-refractivity contribution < 1.29 is 17.6 Å². The number of benzene rings is 1. The lowest BCUT2D eigenvalue weighted by Crippen LogP contribution is -2.42. The molecule has 1 aromatic carbocycles. The molecule has 20 heavy (non-hydrogen) atoms. The lowest BCUT2D eigenvalue weighted by molar-refractivity contribution is 0.0910. The summed E-state index contributed by atoms with van der Waals surface area (Å²) in [6.45, 7) is 5.50. The average molecular weight is 367 g/mol. The number of amides is 1. The molecule has 0 aliphatic carbocycles. The highest BCUT2D eigenvalue weighted by molar-refractivity contribution is 9.10. The minimum Gasteiger partial charge on any atom is -0.347 e. The predicted octanol–water partition coefficient (Wildman–Crippen LogP) is 2.15. The summed E-state index contributed by atoms with van der Waals surface area (Å²) in [7, 11) is -4.13. The van der Waals surface area contributed by atoms with E-state index in [1.807, 2.05) is 6.92 Å². The molecular weight excluding hydrogens is 351 g/mol. The van der Waals surface area contributed by atoms with Crippen LogP contribution in [0.5, 0.6) is 0 Å². The number of nitrogens with one attached hydrogen (secondary N) is 1. The number of primary sulfonamides is 1. The molecule has 8 heteroatoms. The SMILES string of the molecule is CCC(C)(C)NC(=O)c1cc(F)c(Br)c(S(N)(=O)=O)c1. The van der Waals surface area contributed by atoms with E-state index in [9.17, 15) is 17.6 Å². The third kappa shape index (κ3) is 4.00. The van der Waals surface area contributed by atoms with E-state index in [0.29, 0.717) is 6.42 Å². The quantitative estimate of drug-likeness (QED) is 0.855. The molecule has 1 amide bonds. The molecule has 0 radical (unpaired) electrons. The molecule has 0 aromatic heterocycles. The van der Waals surface area contributed by atoms with E-state index in [-0.39, 0.29) is 10.0 Å². The highest BCUT2D eigenvalue weighted by Gasteiger charge is 2.23. The number of sulfonamides is 1. The summed E-state index contributed by atoms with van der Waals surface area (Å²) in [5.74, 6) is -1.43. The van der Waals surface area contributed by atoms with Gasteiger partial charge in [-0.1, -0.05) is 6.92 Å². The van der Waals surface area contributed by atoms with Gasteiger partial charge in [0.05, 0.1) is 9.37 Å². The Morgan fingerprint density at radius 2 is 2.00 bits per heavy atom. The molecule has 0 heterocycles. The Kier molecular flexibility index (Phi) is 4.94. The van der Waals surface area contributed by atoms with Gasteiger partial charge >= 0.3 is 0 Å². The van der Waals surface area contributed by atoms with Gasteiger partial charge < -0.3 is 5.32 Å². The minimum atomic E-state index is -4.13. The van der Waals surface area contributed by atoms with Gasteiger partial charge in [0.15, 0.2) is 0 Å². The maximum Gasteiger partial charge on any atom is 0.251 e. The monoisotopic (exact) mass is 366 g/mol. The first-order valence-corrected chi connectivity index (χ1v) is 8.16. The van der Waals surface area contributed by atoms with Crippen molar-refractivity contribution in [1.82, 2.24) is 5.32 Å². The second kappa shape index (κ2) is 5.79. The Labute approximate surface area is 125 Å². The average Bonchev–Trinajstić information content (AvgIpc) is 2.30. The van der Waals surface area contributed by atoms with Crippen molar-refractivity contribution in [3.8, 4) is 0 Å². The van der Waals surface area contributed by atoms with Gasteiger partial charge in [0.25, 0.3) is 5.91 Å². The second-order valence-electron chi connectivity index (χ2n) is 5.01. The van der Waals surface area contributed by atoms with E-state index in [0.717, 1.165) is 12.1 Å². The van der Waals surface area contributed by atoms with Gasteiger partial charge in [-0.25, -0.2) is 17.9 Å². The lowest BCUT2D eigenvalue weighted by Gasteiger charge is -2.24. The van der Waals surface area contributed by atoms with Crippen molar-refractivity contribution in [2.75, 3.05) is 0 Å². The van der Waals surface area contributed by atoms with Crippen LogP contribution in [0.15, 0.2) is 21.5 Å². The first-order valence-electron chi connectivity index (χ1n) is 5.82. The van der Waals surface area contributed by atoms with Crippen LogP contribution in [0, 0.1) is 5.82 Å². The van der Waals surface area contributed by atoms with Crippen molar-refractivity contribution in [1.29, 1.82) is 0 Å². The van der Waals surface area contributed by atoms with Crippen molar-refractivity contribution >= 4 is 31.9 Å². The fourth-order valence-electron chi connectivity index (χ4n) is 1.37. The molecule has 1 aromatic rings. The van der Waals surface area contributed by atoms with Gasteiger partial charge in [-0.3, -0.25) is 4.79 Å². The van der Waals surface area contributed by atoms with E-state index in [4.69, 9.17) is 5.14 Å². The van der Waals surface area contributed by atoms with Gasteiger partial charge in [-0.2, -0.15) is 0 Å². The zero-order valence-electron chi connectivity index (χ0n) is 11.3. The Morgan fingerprint density at radius 1 is 1.45 bits per heavy atom. The molecule has 0 fully saturated rings. The number of carbonyl (C=O) groups is 1. The summed E-state index contributed by atoms with van der Waals surface area (Å²) >= 11 is 2.81. The normalized spacial score (nSPS) is 12.3. The summed E-state index contributed by atoms with van der Waals surface area (Å²) in [4.78, 5) is 11.6. The molecule has 112 valence electrons. The van der Waals surface area contributed by atoms with Gasteiger partial charge in [-0.05, 0) is 48.3 Å². The topological polar surface area (TPSA) is 89.3 Å². The van der Waals surface area contributed by atoms with Crippen LogP contribution < -0.4 is 10.5 Å². The van der Waals surface area contributed by atoms with Crippen LogP contribution in [0.25, 0.3) is 0 Å². The summed E-state index contributed by atoms with van der Waals surface area (Å²) in [5, 5.41) is 7.68. The molecule has 0 saturated heterocycles. The maximum atomic E-state index is 13.7. The molecule has 0 atom stereocenters. The highest BCUT2D eigenvalue weighted by Crippen LogP contribution is 2.26. The summed E-state index contributed by atoms with van der Waals surface area (Å²) in [6.07, 6.45) is 0.666. The smallest absolute Gasteiger partial charge is 0.251 e. The molecule has 0 aliphatic heterocycles. The minimum absolute atomic E-state index is 0.101. The van der Waals surface area contributed by atoms with Gasteiger partial charge in [-0.15, -0.1) is 0 Å². The molecular formula is C12H16BrFN2O3S. The van der Waals surface area contributed by atoms with Crippen LogP contribution in [-0.4, -0.2) is 19.9 Å². The van der Waals surface area contributed by atoms with Crippen molar-refractivity contribution in [2.45, 2.75) is 37.6 Å². The second-order valence-corrected chi connectivity index (χ2v) is 7.33. The zero-order valence-corrected chi connectivity index (χ0v) is 13.7.